The van der Waals surface area contributed by atoms with E-state index in [1.54, 1.807) is 0 Å². The standard InChI is InChI=1S/C18H36B2N4/c1-7-19(8-2)17-21(5)11-13-23(17)15-16-24-14-12-22(6)18(24)20(9-3)10-4/h11-14,17-18H,7-10,15-16H2,1-6H3. The van der Waals surface area contributed by atoms with Crippen molar-refractivity contribution in [2.45, 2.75) is 65.1 Å². The van der Waals surface area contributed by atoms with Gasteiger partial charge < -0.3 is 19.6 Å². The van der Waals surface area contributed by atoms with Crippen LogP contribution in [0.1, 0.15) is 27.7 Å². The van der Waals surface area contributed by atoms with Gasteiger partial charge in [0.05, 0.1) is 12.1 Å². The Bertz CT molecular complexity index is 395. The summed E-state index contributed by atoms with van der Waals surface area (Å²) in [7, 11) is 4.44. The molecule has 24 heavy (non-hydrogen) atoms. The summed E-state index contributed by atoms with van der Waals surface area (Å²) in [5, 5.41) is 0. The van der Waals surface area contributed by atoms with Crippen LogP contribution in [0.4, 0.5) is 0 Å². The van der Waals surface area contributed by atoms with Crippen LogP contribution in [-0.2, 0) is 0 Å². The van der Waals surface area contributed by atoms with Crippen molar-refractivity contribution >= 4 is 13.4 Å². The van der Waals surface area contributed by atoms with Crippen molar-refractivity contribution in [2.75, 3.05) is 27.2 Å². The molecule has 2 rings (SSSR count). The highest BCUT2D eigenvalue weighted by Gasteiger charge is 2.35. The summed E-state index contributed by atoms with van der Waals surface area (Å²) in [5.41, 5.74) is 0. The maximum atomic E-state index is 2.55. The van der Waals surface area contributed by atoms with Gasteiger partial charge in [-0.3, -0.25) is 0 Å². The van der Waals surface area contributed by atoms with Crippen molar-refractivity contribution in [1.29, 1.82) is 0 Å². The summed E-state index contributed by atoms with van der Waals surface area (Å²) in [6.07, 6.45) is 14.0. The van der Waals surface area contributed by atoms with Crippen LogP contribution in [0.25, 0.3) is 0 Å². The molecule has 2 unspecified atom stereocenters. The average molecular weight is 330 g/mol. The minimum atomic E-state index is 0.524. The van der Waals surface area contributed by atoms with Gasteiger partial charge in [-0.15, -0.1) is 0 Å². The van der Waals surface area contributed by atoms with Crippen molar-refractivity contribution < 1.29 is 0 Å². The van der Waals surface area contributed by atoms with Crippen molar-refractivity contribution in [2.24, 2.45) is 0 Å². The third-order valence-electron chi connectivity index (χ3n) is 6.06. The van der Waals surface area contributed by atoms with E-state index in [0.717, 1.165) is 26.5 Å². The largest absolute Gasteiger partial charge is 0.366 e. The number of hydrogen-bond donors (Lipinski definition) is 0. The molecule has 0 radical (unpaired) electrons. The zero-order chi connectivity index (χ0) is 17.7. The Kier molecular flexibility index (Phi) is 7.00. The summed E-state index contributed by atoms with van der Waals surface area (Å²) in [5.74, 6) is 0. The average Bonchev–Trinajstić information content (AvgIpc) is 3.13. The van der Waals surface area contributed by atoms with E-state index in [2.05, 4.69) is 86.2 Å². The van der Waals surface area contributed by atoms with E-state index in [4.69, 9.17) is 0 Å². The molecule has 0 aromatic rings. The minimum absolute atomic E-state index is 0.524. The molecule has 0 N–H and O–H groups in total. The zero-order valence-corrected chi connectivity index (χ0v) is 16.7. The van der Waals surface area contributed by atoms with Gasteiger partial charge in [0, 0.05) is 52.0 Å². The molecule has 0 spiro atoms. The van der Waals surface area contributed by atoms with E-state index in [-0.39, 0.29) is 0 Å². The summed E-state index contributed by atoms with van der Waals surface area (Å²) < 4.78 is 0. The van der Waals surface area contributed by atoms with Gasteiger partial charge in [0.1, 0.15) is 0 Å². The van der Waals surface area contributed by atoms with Gasteiger partial charge in [-0.2, -0.15) is 0 Å². The predicted molar refractivity (Wildman–Crippen MR) is 108 cm³/mol. The lowest BCUT2D eigenvalue weighted by atomic mass is 9.42. The fourth-order valence-corrected chi connectivity index (χ4v) is 4.47. The van der Waals surface area contributed by atoms with Crippen molar-refractivity contribution in [1.82, 2.24) is 19.6 Å². The molecule has 4 nitrogen and oxygen atoms in total. The monoisotopic (exact) mass is 330 g/mol. The maximum absolute atomic E-state index is 2.55. The van der Waals surface area contributed by atoms with Gasteiger partial charge in [0.2, 0.25) is 0 Å². The van der Waals surface area contributed by atoms with Gasteiger partial charge >= 0.3 is 0 Å². The molecule has 2 aliphatic rings. The molecule has 134 valence electrons. The van der Waals surface area contributed by atoms with Crippen LogP contribution in [0.5, 0.6) is 0 Å². The lowest BCUT2D eigenvalue weighted by molar-refractivity contribution is 0.194. The topological polar surface area (TPSA) is 13.0 Å². The Morgan fingerprint density at radius 1 is 0.625 bits per heavy atom. The van der Waals surface area contributed by atoms with Crippen LogP contribution in [0.3, 0.4) is 0 Å². The highest BCUT2D eigenvalue weighted by molar-refractivity contribution is 6.60. The van der Waals surface area contributed by atoms with E-state index in [1.165, 1.54) is 25.3 Å². The zero-order valence-electron chi connectivity index (χ0n) is 16.7. The maximum Gasteiger partial charge on any atom is 0.193 e. The predicted octanol–water partition coefficient (Wildman–Crippen LogP) is 3.22. The third kappa shape index (κ3) is 3.89. The van der Waals surface area contributed by atoms with Crippen LogP contribution in [0, 0.1) is 0 Å². The molecule has 0 fully saturated rings. The minimum Gasteiger partial charge on any atom is -0.366 e. The van der Waals surface area contributed by atoms with Gasteiger partial charge in [0.15, 0.2) is 13.4 Å². The molecule has 0 aliphatic carbocycles. The molecule has 2 heterocycles. The molecule has 0 saturated heterocycles. The first-order chi connectivity index (χ1) is 11.6. The van der Waals surface area contributed by atoms with Crippen LogP contribution >= 0.6 is 0 Å². The van der Waals surface area contributed by atoms with E-state index in [1.807, 2.05) is 0 Å². The highest BCUT2D eigenvalue weighted by atomic mass is 15.4. The summed E-state index contributed by atoms with van der Waals surface area (Å²) in [4.78, 5) is 9.88. The Morgan fingerprint density at radius 3 is 1.25 bits per heavy atom. The summed E-state index contributed by atoms with van der Waals surface area (Å²) in [6.45, 7) is 12.9. The molecule has 0 saturated carbocycles. The molecule has 2 atom stereocenters. The van der Waals surface area contributed by atoms with Crippen molar-refractivity contribution in [3.63, 3.8) is 0 Å². The molecule has 6 heteroatoms. The molecule has 2 aliphatic heterocycles. The van der Waals surface area contributed by atoms with Gasteiger partial charge in [-0.25, -0.2) is 0 Å². The van der Waals surface area contributed by atoms with Crippen molar-refractivity contribution in [3.8, 4) is 0 Å². The first-order valence-corrected chi connectivity index (χ1v) is 9.89. The Balaban J connectivity index is 1.98. The van der Waals surface area contributed by atoms with Crippen LogP contribution in [0.2, 0.25) is 25.3 Å². The second-order valence-corrected chi connectivity index (χ2v) is 7.38. The van der Waals surface area contributed by atoms with Crippen LogP contribution in [-0.4, -0.2) is 72.3 Å². The Hall–Kier alpha value is -1.19. The number of rotatable bonds is 9. The van der Waals surface area contributed by atoms with E-state index in [0.29, 0.717) is 12.1 Å². The van der Waals surface area contributed by atoms with E-state index in [9.17, 15) is 0 Å². The number of nitrogens with zero attached hydrogens (tertiary/aromatic N) is 4. The highest BCUT2D eigenvalue weighted by Crippen LogP contribution is 2.23. The lowest BCUT2D eigenvalue weighted by Gasteiger charge is -2.38. The lowest BCUT2D eigenvalue weighted by Crippen LogP contribution is -2.52. The molecule has 0 bridgehead atoms. The van der Waals surface area contributed by atoms with E-state index >= 15 is 0 Å². The fraction of sp³-hybridized carbons (Fsp3) is 0.778. The fourth-order valence-electron chi connectivity index (χ4n) is 4.47. The first-order valence-electron chi connectivity index (χ1n) is 9.89. The Labute approximate surface area is 150 Å². The Morgan fingerprint density at radius 2 is 0.958 bits per heavy atom. The molecule has 0 aromatic heterocycles. The third-order valence-corrected chi connectivity index (χ3v) is 6.06. The molecular weight excluding hydrogens is 294 g/mol. The second-order valence-electron chi connectivity index (χ2n) is 7.38. The SMILES string of the molecule is CCB(CC)C1N(C)C=CN1CCN1C=CN(C)C1B(CC)CC. The van der Waals surface area contributed by atoms with Gasteiger partial charge in [0.25, 0.3) is 0 Å². The van der Waals surface area contributed by atoms with Gasteiger partial charge in [-0.1, -0.05) is 53.0 Å². The van der Waals surface area contributed by atoms with Crippen molar-refractivity contribution in [3.05, 3.63) is 24.8 Å². The van der Waals surface area contributed by atoms with Crippen LogP contribution in [0.15, 0.2) is 24.8 Å². The van der Waals surface area contributed by atoms with Crippen LogP contribution < -0.4 is 0 Å². The summed E-state index contributed by atoms with van der Waals surface area (Å²) >= 11 is 0. The molecule has 0 aromatic carbocycles. The summed E-state index contributed by atoms with van der Waals surface area (Å²) in [6, 6.07) is 1.05. The van der Waals surface area contributed by atoms with E-state index < -0.39 is 0 Å². The quantitative estimate of drug-likeness (QED) is 0.602. The molecular formula is C18H36B2N4. The normalized spacial score (nSPS) is 22.9. The molecule has 0 amide bonds. The van der Waals surface area contributed by atoms with Gasteiger partial charge in [-0.05, 0) is 0 Å². The number of hydrogen-bond acceptors (Lipinski definition) is 4. The second kappa shape index (κ2) is 8.77. The smallest absolute Gasteiger partial charge is 0.193 e. The first kappa shape index (κ1) is 19.1.